The molecule has 1 aromatic rings. The van der Waals surface area contributed by atoms with Crippen molar-refractivity contribution in [1.82, 2.24) is 0 Å². The predicted octanol–water partition coefficient (Wildman–Crippen LogP) is 3.23. The van der Waals surface area contributed by atoms with E-state index in [2.05, 4.69) is 0 Å². The Morgan fingerprint density at radius 1 is 1.37 bits per heavy atom. The fraction of sp³-hybridized carbons (Fsp3) is 0.462. The maximum Gasteiger partial charge on any atom is 0.397 e. The highest BCUT2D eigenvalue weighted by molar-refractivity contribution is 5.81. The van der Waals surface area contributed by atoms with Crippen molar-refractivity contribution in [3.05, 3.63) is 23.8 Å². The summed E-state index contributed by atoms with van der Waals surface area (Å²) >= 11 is 0. The molecule has 0 heterocycles. The summed E-state index contributed by atoms with van der Waals surface area (Å²) in [7, 11) is 1.37. The highest BCUT2D eigenvalue weighted by Gasteiger charge is 2.64. The first-order valence-corrected chi connectivity index (χ1v) is 5.75. The third kappa shape index (κ3) is 2.52. The molecule has 0 atom stereocenters. The quantitative estimate of drug-likeness (QED) is 0.773. The maximum atomic E-state index is 12.8. The van der Waals surface area contributed by atoms with Crippen LogP contribution in [0.25, 0.3) is 0 Å². The van der Waals surface area contributed by atoms with Gasteiger partial charge in [0.2, 0.25) is 0 Å². The van der Waals surface area contributed by atoms with E-state index in [-0.39, 0.29) is 29.9 Å². The Hall–Kier alpha value is -1.72. The second-order valence-corrected chi connectivity index (χ2v) is 4.56. The number of alkyl halides is 3. The maximum absolute atomic E-state index is 12.8. The molecular formula is C13H13F3O3. The molecule has 0 bridgehead atoms. The van der Waals surface area contributed by atoms with Gasteiger partial charge in [0, 0.05) is 0 Å². The van der Waals surface area contributed by atoms with Crippen LogP contribution in [0.15, 0.2) is 18.2 Å². The number of para-hydroxylation sites is 1. The van der Waals surface area contributed by atoms with Gasteiger partial charge in [-0.25, -0.2) is 0 Å². The van der Waals surface area contributed by atoms with Gasteiger partial charge in [-0.1, -0.05) is 6.07 Å². The lowest BCUT2D eigenvalue weighted by molar-refractivity contribution is -0.194. The third-order valence-electron chi connectivity index (χ3n) is 3.30. The zero-order valence-electron chi connectivity index (χ0n) is 10.3. The van der Waals surface area contributed by atoms with E-state index in [0.717, 1.165) is 0 Å². The lowest BCUT2D eigenvalue weighted by Crippen LogP contribution is -2.30. The van der Waals surface area contributed by atoms with Gasteiger partial charge in [-0.05, 0) is 25.0 Å². The molecule has 0 aromatic heterocycles. The lowest BCUT2D eigenvalue weighted by Gasteiger charge is -2.21. The van der Waals surface area contributed by atoms with E-state index in [9.17, 15) is 18.0 Å². The van der Waals surface area contributed by atoms with E-state index < -0.39 is 18.2 Å². The van der Waals surface area contributed by atoms with Crippen LogP contribution < -0.4 is 9.47 Å². The number of hydrogen-bond donors (Lipinski definition) is 0. The number of carbonyl (C=O) groups excluding carboxylic acids is 1. The van der Waals surface area contributed by atoms with E-state index in [0.29, 0.717) is 6.29 Å². The van der Waals surface area contributed by atoms with Crippen molar-refractivity contribution < 1.29 is 27.4 Å². The minimum absolute atomic E-state index is 0.0576. The summed E-state index contributed by atoms with van der Waals surface area (Å²) in [5, 5.41) is 0. The summed E-state index contributed by atoms with van der Waals surface area (Å²) in [6.45, 7) is -0.488. The van der Waals surface area contributed by atoms with Crippen LogP contribution in [0.1, 0.15) is 23.2 Å². The van der Waals surface area contributed by atoms with Crippen LogP contribution in [0.3, 0.4) is 0 Å². The molecule has 0 aliphatic heterocycles. The second-order valence-electron chi connectivity index (χ2n) is 4.56. The van der Waals surface area contributed by atoms with Crippen LogP contribution in [-0.2, 0) is 0 Å². The van der Waals surface area contributed by atoms with E-state index >= 15 is 0 Å². The lowest BCUT2D eigenvalue weighted by atomic mass is 10.1. The van der Waals surface area contributed by atoms with Crippen molar-refractivity contribution in [3.63, 3.8) is 0 Å². The van der Waals surface area contributed by atoms with E-state index in [1.807, 2.05) is 0 Å². The van der Waals surface area contributed by atoms with E-state index in [1.165, 1.54) is 19.2 Å². The summed E-state index contributed by atoms with van der Waals surface area (Å²) in [6, 6.07) is 4.58. The Balaban J connectivity index is 2.18. The van der Waals surface area contributed by atoms with Gasteiger partial charge in [-0.3, -0.25) is 4.79 Å². The average molecular weight is 274 g/mol. The standard InChI is InChI=1S/C13H13F3O3/c1-18-10-4-2-3-9(7-17)11(10)19-8-12(5-6-12)13(14,15)16/h2-4,7H,5-6,8H2,1H3. The van der Waals surface area contributed by atoms with Crippen LogP contribution >= 0.6 is 0 Å². The monoisotopic (exact) mass is 274 g/mol. The first-order valence-electron chi connectivity index (χ1n) is 5.75. The van der Waals surface area contributed by atoms with Crippen LogP contribution in [0.2, 0.25) is 0 Å². The summed E-state index contributed by atoms with van der Waals surface area (Å²) in [6.07, 6.45) is -3.63. The Labute approximate surface area is 108 Å². The largest absolute Gasteiger partial charge is 0.493 e. The molecule has 1 aliphatic rings. The number of rotatable bonds is 5. The van der Waals surface area contributed by atoms with Gasteiger partial charge in [0.1, 0.15) is 12.0 Å². The number of ether oxygens (including phenoxy) is 2. The second kappa shape index (κ2) is 4.75. The van der Waals surface area contributed by atoms with Crippen molar-refractivity contribution in [2.45, 2.75) is 19.0 Å². The zero-order chi connectivity index (χ0) is 14.1. The minimum atomic E-state index is -4.28. The van der Waals surface area contributed by atoms with Crippen molar-refractivity contribution in [3.8, 4) is 11.5 Å². The van der Waals surface area contributed by atoms with Crippen LogP contribution in [0.4, 0.5) is 13.2 Å². The summed E-state index contributed by atoms with van der Waals surface area (Å²) in [5.41, 5.74) is -1.59. The van der Waals surface area contributed by atoms with Crippen molar-refractivity contribution >= 4 is 6.29 Å². The zero-order valence-corrected chi connectivity index (χ0v) is 10.3. The molecule has 0 saturated heterocycles. The molecule has 2 rings (SSSR count). The molecule has 1 aromatic carbocycles. The van der Waals surface area contributed by atoms with Gasteiger partial charge < -0.3 is 9.47 Å². The number of benzene rings is 1. The first-order chi connectivity index (χ1) is 8.93. The molecule has 1 fully saturated rings. The summed E-state index contributed by atoms with van der Waals surface area (Å²) in [4.78, 5) is 10.9. The molecule has 19 heavy (non-hydrogen) atoms. The van der Waals surface area contributed by atoms with Gasteiger partial charge in [-0.15, -0.1) is 0 Å². The number of carbonyl (C=O) groups is 1. The van der Waals surface area contributed by atoms with Crippen LogP contribution in [0, 0.1) is 5.41 Å². The van der Waals surface area contributed by atoms with Crippen molar-refractivity contribution in [2.75, 3.05) is 13.7 Å². The van der Waals surface area contributed by atoms with Gasteiger partial charge in [0.05, 0.1) is 12.7 Å². The fourth-order valence-electron chi connectivity index (χ4n) is 1.81. The SMILES string of the molecule is COc1cccc(C=O)c1OCC1(C(F)(F)F)CC1. The predicted molar refractivity (Wildman–Crippen MR) is 61.6 cm³/mol. The molecule has 104 valence electrons. The first kappa shape index (κ1) is 13.7. The van der Waals surface area contributed by atoms with Crippen molar-refractivity contribution in [1.29, 1.82) is 0 Å². The molecule has 3 nitrogen and oxygen atoms in total. The van der Waals surface area contributed by atoms with E-state index in [4.69, 9.17) is 9.47 Å². The number of halogens is 3. The molecule has 6 heteroatoms. The Morgan fingerprint density at radius 2 is 2.05 bits per heavy atom. The number of aldehydes is 1. The molecule has 0 unspecified atom stereocenters. The Morgan fingerprint density at radius 3 is 2.53 bits per heavy atom. The van der Waals surface area contributed by atoms with Gasteiger partial charge in [0.15, 0.2) is 17.8 Å². The molecule has 0 amide bonds. The minimum Gasteiger partial charge on any atom is -0.493 e. The fourth-order valence-corrected chi connectivity index (χ4v) is 1.81. The third-order valence-corrected chi connectivity index (χ3v) is 3.30. The molecule has 0 spiro atoms. The average Bonchev–Trinajstić information content (AvgIpc) is 3.16. The number of methoxy groups -OCH3 is 1. The highest BCUT2D eigenvalue weighted by atomic mass is 19.4. The molecule has 1 saturated carbocycles. The van der Waals surface area contributed by atoms with Crippen LogP contribution in [0.5, 0.6) is 11.5 Å². The van der Waals surface area contributed by atoms with Gasteiger partial charge in [-0.2, -0.15) is 13.2 Å². The molecule has 0 radical (unpaired) electrons. The topological polar surface area (TPSA) is 35.5 Å². The molecular weight excluding hydrogens is 261 g/mol. The summed E-state index contributed by atoms with van der Waals surface area (Å²) in [5.74, 6) is 0.318. The van der Waals surface area contributed by atoms with Gasteiger partial charge in [0.25, 0.3) is 0 Å². The number of hydrogen-bond acceptors (Lipinski definition) is 3. The van der Waals surface area contributed by atoms with Gasteiger partial charge >= 0.3 is 6.18 Å². The molecule has 0 N–H and O–H groups in total. The normalized spacial score (nSPS) is 16.8. The summed E-state index contributed by atoms with van der Waals surface area (Å²) < 4.78 is 48.6. The Kier molecular flexibility index (Phi) is 3.43. The smallest absolute Gasteiger partial charge is 0.397 e. The van der Waals surface area contributed by atoms with E-state index in [1.54, 1.807) is 6.07 Å². The van der Waals surface area contributed by atoms with Crippen LogP contribution in [-0.4, -0.2) is 26.2 Å². The highest BCUT2D eigenvalue weighted by Crippen LogP contribution is 2.57. The molecule has 1 aliphatic carbocycles. The van der Waals surface area contributed by atoms with Crippen molar-refractivity contribution in [2.24, 2.45) is 5.41 Å². The Bertz CT molecular complexity index is 479.